The van der Waals surface area contributed by atoms with Gasteiger partial charge in [0, 0.05) is 19.8 Å². The number of hydrogen-bond acceptors (Lipinski definition) is 3. The van der Waals surface area contributed by atoms with Crippen molar-refractivity contribution in [2.24, 2.45) is 5.92 Å². The van der Waals surface area contributed by atoms with Crippen LogP contribution in [0.15, 0.2) is 0 Å². The molecule has 0 bridgehead atoms. The number of aldehydes is 1. The topological polar surface area (TPSA) is 55.4 Å². The van der Waals surface area contributed by atoms with Crippen LogP contribution in [0.5, 0.6) is 0 Å². The summed E-state index contributed by atoms with van der Waals surface area (Å²) in [7, 11) is 0. The highest BCUT2D eigenvalue weighted by molar-refractivity contribution is 6.23. The maximum atomic E-state index is 10.5. The second-order valence-electron chi connectivity index (χ2n) is 2.92. The van der Waals surface area contributed by atoms with E-state index in [9.17, 15) is 9.59 Å². The van der Waals surface area contributed by atoms with Crippen molar-refractivity contribution in [3.8, 4) is 0 Å². The predicted octanol–water partition coefficient (Wildman–Crippen LogP) is -0.272. The summed E-state index contributed by atoms with van der Waals surface area (Å²) in [5.41, 5.74) is 0. The SMILES string of the molecule is O=CC(=O)NCC1CCOCC1. The number of carbonyl (C=O) groups is 2. The number of hydrogen-bond donors (Lipinski definition) is 1. The van der Waals surface area contributed by atoms with Crippen molar-refractivity contribution in [3.05, 3.63) is 0 Å². The van der Waals surface area contributed by atoms with E-state index in [2.05, 4.69) is 5.32 Å². The molecule has 0 aromatic rings. The summed E-state index contributed by atoms with van der Waals surface area (Å²) in [5.74, 6) is -0.0517. The first-order valence-electron chi connectivity index (χ1n) is 4.13. The molecule has 0 saturated carbocycles. The molecule has 1 heterocycles. The number of rotatable bonds is 3. The smallest absolute Gasteiger partial charge is 0.284 e. The summed E-state index contributed by atoms with van der Waals surface area (Å²) in [6.45, 7) is 2.13. The third kappa shape index (κ3) is 3.00. The molecule has 0 atom stereocenters. The molecule has 4 nitrogen and oxygen atoms in total. The molecule has 0 aromatic carbocycles. The number of nitrogens with one attached hydrogen (secondary N) is 1. The van der Waals surface area contributed by atoms with E-state index in [1.807, 2.05) is 0 Å². The van der Waals surface area contributed by atoms with Gasteiger partial charge >= 0.3 is 0 Å². The fourth-order valence-electron chi connectivity index (χ4n) is 1.24. The van der Waals surface area contributed by atoms with Gasteiger partial charge in [-0.1, -0.05) is 0 Å². The highest BCUT2D eigenvalue weighted by atomic mass is 16.5. The Hall–Kier alpha value is -0.900. The minimum atomic E-state index is -0.526. The molecule has 1 fully saturated rings. The van der Waals surface area contributed by atoms with Crippen LogP contribution in [0.2, 0.25) is 0 Å². The summed E-state index contributed by atoms with van der Waals surface area (Å²) in [6.07, 6.45) is 2.25. The fraction of sp³-hybridized carbons (Fsp3) is 0.750. The molecule has 1 rings (SSSR count). The molecule has 0 aliphatic carbocycles. The number of ether oxygens (including phenoxy) is 1. The first kappa shape index (κ1) is 9.19. The third-order valence-electron chi connectivity index (χ3n) is 2.01. The molecule has 0 unspecified atom stereocenters. The lowest BCUT2D eigenvalue weighted by atomic mass is 10.0. The summed E-state index contributed by atoms with van der Waals surface area (Å²) in [4.78, 5) is 20.5. The van der Waals surface area contributed by atoms with E-state index in [4.69, 9.17) is 4.74 Å². The van der Waals surface area contributed by atoms with Gasteiger partial charge in [0.05, 0.1) is 0 Å². The fourth-order valence-corrected chi connectivity index (χ4v) is 1.24. The van der Waals surface area contributed by atoms with Gasteiger partial charge in [-0.25, -0.2) is 0 Å². The van der Waals surface area contributed by atoms with E-state index >= 15 is 0 Å². The summed E-state index contributed by atoms with van der Waals surface area (Å²) < 4.78 is 5.15. The Balaban J connectivity index is 2.12. The second kappa shape index (κ2) is 4.87. The van der Waals surface area contributed by atoms with Gasteiger partial charge in [-0.15, -0.1) is 0 Å². The van der Waals surface area contributed by atoms with E-state index in [1.54, 1.807) is 0 Å². The zero-order chi connectivity index (χ0) is 8.81. The summed E-state index contributed by atoms with van der Waals surface area (Å²) >= 11 is 0. The van der Waals surface area contributed by atoms with Gasteiger partial charge in [0.1, 0.15) is 0 Å². The molecular formula is C8H13NO3. The Morgan fingerprint density at radius 2 is 2.17 bits per heavy atom. The Morgan fingerprint density at radius 1 is 1.50 bits per heavy atom. The lowest BCUT2D eigenvalue weighted by Gasteiger charge is -2.21. The third-order valence-corrected chi connectivity index (χ3v) is 2.01. The van der Waals surface area contributed by atoms with Crippen molar-refractivity contribution in [1.82, 2.24) is 5.32 Å². The molecule has 1 aliphatic rings. The van der Waals surface area contributed by atoms with E-state index < -0.39 is 5.91 Å². The highest BCUT2D eigenvalue weighted by Gasteiger charge is 2.13. The quantitative estimate of drug-likeness (QED) is 0.469. The van der Waals surface area contributed by atoms with Gasteiger partial charge in [0.2, 0.25) is 6.29 Å². The summed E-state index contributed by atoms with van der Waals surface area (Å²) in [5, 5.41) is 2.54. The van der Waals surface area contributed by atoms with Crippen LogP contribution >= 0.6 is 0 Å². The molecule has 1 amide bonds. The van der Waals surface area contributed by atoms with E-state index in [-0.39, 0.29) is 0 Å². The average molecular weight is 171 g/mol. The van der Waals surface area contributed by atoms with Crippen molar-refractivity contribution < 1.29 is 14.3 Å². The molecule has 1 N–H and O–H groups in total. The molecular weight excluding hydrogens is 158 g/mol. The normalized spacial score (nSPS) is 18.7. The number of amides is 1. The van der Waals surface area contributed by atoms with Crippen LogP contribution in [0.4, 0.5) is 0 Å². The van der Waals surface area contributed by atoms with Crippen LogP contribution in [-0.4, -0.2) is 32.0 Å². The van der Waals surface area contributed by atoms with E-state index in [0.717, 1.165) is 26.1 Å². The molecule has 12 heavy (non-hydrogen) atoms. The molecule has 0 aromatic heterocycles. The predicted molar refractivity (Wildman–Crippen MR) is 42.6 cm³/mol. The minimum absolute atomic E-state index is 0.305. The largest absolute Gasteiger partial charge is 0.381 e. The standard InChI is InChI=1S/C8H13NO3/c10-6-8(11)9-5-7-1-3-12-4-2-7/h6-7H,1-5H2,(H,9,11). The molecule has 0 radical (unpaired) electrons. The second-order valence-corrected chi connectivity index (χ2v) is 2.92. The zero-order valence-electron chi connectivity index (χ0n) is 6.91. The van der Waals surface area contributed by atoms with Gasteiger partial charge in [-0.3, -0.25) is 9.59 Å². The van der Waals surface area contributed by atoms with Gasteiger partial charge in [0.15, 0.2) is 0 Å². The van der Waals surface area contributed by atoms with Crippen LogP contribution in [-0.2, 0) is 14.3 Å². The van der Waals surface area contributed by atoms with Gasteiger partial charge in [-0.05, 0) is 18.8 Å². The lowest BCUT2D eigenvalue weighted by molar-refractivity contribution is -0.131. The van der Waals surface area contributed by atoms with Gasteiger partial charge < -0.3 is 10.1 Å². The first-order chi connectivity index (χ1) is 5.83. The Morgan fingerprint density at radius 3 is 2.75 bits per heavy atom. The minimum Gasteiger partial charge on any atom is -0.381 e. The van der Waals surface area contributed by atoms with Crippen molar-refractivity contribution in [2.45, 2.75) is 12.8 Å². The van der Waals surface area contributed by atoms with Crippen molar-refractivity contribution in [1.29, 1.82) is 0 Å². The Kier molecular flexibility index (Phi) is 3.73. The zero-order valence-corrected chi connectivity index (χ0v) is 6.91. The van der Waals surface area contributed by atoms with Crippen LogP contribution < -0.4 is 5.32 Å². The number of carbonyl (C=O) groups excluding carboxylic acids is 2. The molecule has 4 heteroatoms. The van der Waals surface area contributed by atoms with Crippen LogP contribution in [0.1, 0.15) is 12.8 Å². The van der Waals surface area contributed by atoms with Crippen molar-refractivity contribution in [3.63, 3.8) is 0 Å². The van der Waals surface area contributed by atoms with E-state index in [1.165, 1.54) is 0 Å². The Labute approximate surface area is 71.3 Å². The maximum Gasteiger partial charge on any atom is 0.284 e. The van der Waals surface area contributed by atoms with E-state index in [0.29, 0.717) is 18.7 Å². The molecule has 1 aliphatic heterocycles. The Bertz CT molecular complexity index is 164. The van der Waals surface area contributed by atoms with Gasteiger partial charge in [0.25, 0.3) is 5.91 Å². The summed E-state index contributed by atoms with van der Waals surface area (Å²) in [6, 6.07) is 0. The molecule has 1 saturated heterocycles. The monoisotopic (exact) mass is 171 g/mol. The average Bonchev–Trinajstić information content (AvgIpc) is 2.16. The highest BCUT2D eigenvalue weighted by Crippen LogP contribution is 2.12. The lowest BCUT2D eigenvalue weighted by Crippen LogP contribution is -2.32. The molecule has 68 valence electrons. The van der Waals surface area contributed by atoms with Crippen LogP contribution in [0.3, 0.4) is 0 Å². The van der Waals surface area contributed by atoms with Crippen molar-refractivity contribution in [2.75, 3.05) is 19.8 Å². The molecule has 0 spiro atoms. The van der Waals surface area contributed by atoms with Crippen LogP contribution in [0, 0.1) is 5.92 Å². The maximum absolute atomic E-state index is 10.5. The van der Waals surface area contributed by atoms with Crippen LogP contribution in [0.25, 0.3) is 0 Å². The van der Waals surface area contributed by atoms with Crippen molar-refractivity contribution >= 4 is 12.2 Å². The first-order valence-corrected chi connectivity index (χ1v) is 4.13. The van der Waals surface area contributed by atoms with Gasteiger partial charge in [-0.2, -0.15) is 0 Å².